The van der Waals surface area contributed by atoms with E-state index in [1.165, 1.54) is 0 Å². The predicted molar refractivity (Wildman–Crippen MR) is 64.1 cm³/mol. The lowest BCUT2D eigenvalue weighted by atomic mass is 10.0. The van der Waals surface area contributed by atoms with Crippen molar-refractivity contribution in [3.63, 3.8) is 0 Å². The number of rotatable bonds is 3. The zero-order valence-electron chi connectivity index (χ0n) is 8.45. The molecule has 74 valence electrons. The molecule has 0 bridgehead atoms. The van der Waals surface area contributed by atoms with Crippen molar-refractivity contribution in [2.24, 2.45) is 0 Å². The number of Topliss-reactive ketones (excluding diaryl/α,β-unsaturated/α-hetero) is 1. The van der Waals surface area contributed by atoms with Crippen LogP contribution in [0.15, 0.2) is 24.3 Å². The second-order valence-corrected chi connectivity index (χ2v) is 3.58. The first-order chi connectivity index (χ1) is 6.65. The molecule has 0 aromatic heterocycles. The summed E-state index contributed by atoms with van der Waals surface area (Å²) < 4.78 is 0. The van der Waals surface area contributed by atoms with Gasteiger partial charge in [-0.1, -0.05) is 30.4 Å². The van der Waals surface area contributed by atoms with Crippen LogP contribution in [-0.2, 0) is 0 Å². The Morgan fingerprint density at radius 2 is 2.21 bits per heavy atom. The standard InChI is InChI=1S/C12H14OS/c1-9-8-11(4-3-7-14)5-6-12(9)10(2)13/h3-6,8,14H,7H2,1-2H3. The number of carbonyl (C=O) groups excluding carboxylic acids is 1. The first kappa shape index (κ1) is 11.1. The molecule has 0 heterocycles. The quantitative estimate of drug-likeness (QED) is 0.594. The van der Waals surface area contributed by atoms with Crippen molar-refractivity contribution in [1.29, 1.82) is 0 Å². The van der Waals surface area contributed by atoms with Crippen LogP contribution in [0.25, 0.3) is 6.08 Å². The zero-order chi connectivity index (χ0) is 10.6. The van der Waals surface area contributed by atoms with Gasteiger partial charge >= 0.3 is 0 Å². The van der Waals surface area contributed by atoms with Gasteiger partial charge in [0.05, 0.1) is 0 Å². The van der Waals surface area contributed by atoms with E-state index in [2.05, 4.69) is 12.6 Å². The van der Waals surface area contributed by atoms with Gasteiger partial charge in [-0.3, -0.25) is 4.79 Å². The summed E-state index contributed by atoms with van der Waals surface area (Å²) >= 11 is 4.09. The number of carbonyl (C=O) groups is 1. The number of thiol groups is 1. The van der Waals surface area contributed by atoms with Gasteiger partial charge in [0.15, 0.2) is 5.78 Å². The highest BCUT2D eigenvalue weighted by molar-refractivity contribution is 7.80. The van der Waals surface area contributed by atoms with E-state index >= 15 is 0 Å². The van der Waals surface area contributed by atoms with Gasteiger partial charge in [0.25, 0.3) is 0 Å². The third-order valence-corrected chi connectivity index (χ3v) is 2.26. The van der Waals surface area contributed by atoms with Crippen LogP contribution in [0.2, 0.25) is 0 Å². The van der Waals surface area contributed by atoms with Gasteiger partial charge in [0, 0.05) is 11.3 Å². The summed E-state index contributed by atoms with van der Waals surface area (Å²) in [6, 6.07) is 5.83. The molecule has 1 aromatic carbocycles. The maximum Gasteiger partial charge on any atom is 0.160 e. The Bertz CT molecular complexity index is 367. The normalized spacial score (nSPS) is 10.8. The first-order valence-electron chi connectivity index (χ1n) is 4.54. The summed E-state index contributed by atoms with van der Waals surface area (Å²) in [7, 11) is 0. The van der Waals surface area contributed by atoms with Crippen molar-refractivity contribution in [2.75, 3.05) is 5.75 Å². The summed E-state index contributed by atoms with van der Waals surface area (Å²) in [4.78, 5) is 11.2. The van der Waals surface area contributed by atoms with Gasteiger partial charge in [-0.05, 0) is 25.0 Å². The minimum Gasteiger partial charge on any atom is -0.295 e. The fraction of sp³-hybridized carbons (Fsp3) is 0.250. The Kier molecular flexibility index (Phi) is 3.96. The summed E-state index contributed by atoms with van der Waals surface area (Å²) in [5.41, 5.74) is 2.94. The van der Waals surface area contributed by atoms with Crippen LogP contribution >= 0.6 is 12.6 Å². The highest BCUT2D eigenvalue weighted by Crippen LogP contribution is 2.12. The van der Waals surface area contributed by atoms with Gasteiger partial charge in [-0.2, -0.15) is 12.6 Å². The molecular formula is C12H14OS. The highest BCUT2D eigenvalue weighted by atomic mass is 32.1. The molecule has 0 fully saturated rings. The van der Waals surface area contributed by atoms with Gasteiger partial charge in [0.2, 0.25) is 0 Å². The molecular weight excluding hydrogens is 192 g/mol. The number of aryl methyl sites for hydroxylation is 1. The lowest BCUT2D eigenvalue weighted by Crippen LogP contribution is -1.95. The second-order valence-electron chi connectivity index (χ2n) is 3.22. The van der Waals surface area contributed by atoms with Gasteiger partial charge in [0.1, 0.15) is 0 Å². The van der Waals surface area contributed by atoms with E-state index in [0.717, 1.165) is 22.4 Å². The van der Waals surface area contributed by atoms with Crippen LogP contribution in [0.5, 0.6) is 0 Å². The van der Waals surface area contributed by atoms with Crippen LogP contribution in [0.1, 0.15) is 28.4 Å². The molecule has 14 heavy (non-hydrogen) atoms. The van der Waals surface area contributed by atoms with Crippen LogP contribution in [0, 0.1) is 6.92 Å². The van der Waals surface area contributed by atoms with E-state index in [4.69, 9.17) is 0 Å². The number of hydrogen-bond donors (Lipinski definition) is 1. The van der Waals surface area contributed by atoms with Crippen molar-refractivity contribution >= 4 is 24.5 Å². The fourth-order valence-electron chi connectivity index (χ4n) is 1.37. The van der Waals surface area contributed by atoms with Crippen molar-refractivity contribution in [3.05, 3.63) is 41.0 Å². The van der Waals surface area contributed by atoms with Gasteiger partial charge in [-0.25, -0.2) is 0 Å². The maximum atomic E-state index is 11.2. The Morgan fingerprint density at radius 1 is 1.50 bits per heavy atom. The van der Waals surface area contributed by atoms with Crippen molar-refractivity contribution < 1.29 is 4.79 Å². The van der Waals surface area contributed by atoms with E-state index < -0.39 is 0 Å². The Morgan fingerprint density at radius 3 is 2.71 bits per heavy atom. The van der Waals surface area contributed by atoms with Crippen molar-refractivity contribution in [3.8, 4) is 0 Å². The fourth-order valence-corrected chi connectivity index (χ4v) is 1.48. The largest absolute Gasteiger partial charge is 0.295 e. The molecule has 0 N–H and O–H groups in total. The molecule has 0 saturated heterocycles. The van der Waals surface area contributed by atoms with Crippen LogP contribution in [0.3, 0.4) is 0 Å². The monoisotopic (exact) mass is 206 g/mol. The molecule has 0 aliphatic rings. The molecule has 1 rings (SSSR count). The molecule has 0 radical (unpaired) electrons. The van der Waals surface area contributed by atoms with E-state index in [1.54, 1.807) is 6.92 Å². The molecule has 0 saturated carbocycles. The Labute approximate surface area is 90.2 Å². The molecule has 1 aromatic rings. The molecule has 1 nitrogen and oxygen atoms in total. The number of benzene rings is 1. The summed E-state index contributed by atoms with van der Waals surface area (Å²) in [6.07, 6.45) is 3.98. The molecule has 0 unspecified atom stereocenters. The van der Waals surface area contributed by atoms with Crippen LogP contribution in [0.4, 0.5) is 0 Å². The zero-order valence-corrected chi connectivity index (χ0v) is 9.34. The predicted octanol–water partition coefficient (Wildman–Crippen LogP) is 3.14. The molecule has 0 aliphatic heterocycles. The minimum atomic E-state index is 0.118. The van der Waals surface area contributed by atoms with Crippen molar-refractivity contribution in [2.45, 2.75) is 13.8 Å². The summed E-state index contributed by atoms with van der Waals surface area (Å²) in [5, 5.41) is 0. The maximum absolute atomic E-state index is 11.2. The van der Waals surface area contributed by atoms with E-state index in [-0.39, 0.29) is 5.78 Å². The summed E-state index contributed by atoms with van der Waals surface area (Å²) in [6.45, 7) is 3.54. The number of ketones is 1. The average molecular weight is 206 g/mol. The average Bonchev–Trinajstić information content (AvgIpc) is 2.14. The van der Waals surface area contributed by atoms with Gasteiger partial charge in [-0.15, -0.1) is 0 Å². The van der Waals surface area contributed by atoms with Gasteiger partial charge < -0.3 is 0 Å². The highest BCUT2D eigenvalue weighted by Gasteiger charge is 2.02. The molecule has 2 heteroatoms. The molecule has 0 spiro atoms. The first-order valence-corrected chi connectivity index (χ1v) is 5.17. The molecule has 0 amide bonds. The number of hydrogen-bond acceptors (Lipinski definition) is 2. The van der Waals surface area contributed by atoms with Crippen LogP contribution < -0.4 is 0 Å². The Hall–Kier alpha value is -1.02. The van der Waals surface area contributed by atoms with E-state index in [0.29, 0.717) is 0 Å². The van der Waals surface area contributed by atoms with E-state index in [9.17, 15) is 4.79 Å². The molecule has 0 atom stereocenters. The van der Waals surface area contributed by atoms with E-state index in [1.807, 2.05) is 37.3 Å². The second kappa shape index (κ2) is 5.01. The minimum absolute atomic E-state index is 0.118. The SMILES string of the molecule is CC(=O)c1ccc(C=CCS)cc1C. The smallest absolute Gasteiger partial charge is 0.160 e. The molecule has 0 aliphatic carbocycles. The van der Waals surface area contributed by atoms with Crippen LogP contribution in [-0.4, -0.2) is 11.5 Å². The lowest BCUT2D eigenvalue weighted by molar-refractivity contribution is 0.101. The Balaban J connectivity index is 3.00. The lowest BCUT2D eigenvalue weighted by Gasteiger charge is -2.02. The summed E-state index contributed by atoms with van der Waals surface area (Å²) in [5.74, 6) is 0.847. The third-order valence-electron chi connectivity index (χ3n) is 2.05. The topological polar surface area (TPSA) is 17.1 Å². The van der Waals surface area contributed by atoms with Crippen molar-refractivity contribution in [1.82, 2.24) is 0 Å². The third kappa shape index (κ3) is 2.74.